The van der Waals surface area contributed by atoms with E-state index in [-0.39, 0.29) is 0 Å². The van der Waals surface area contributed by atoms with E-state index in [9.17, 15) is 0 Å². The number of hydrogen-bond acceptors (Lipinski definition) is 0. The van der Waals surface area contributed by atoms with E-state index < -0.39 is 0 Å². The summed E-state index contributed by atoms with van der Waals surface area (Å²) in [5.41, 5.74) is 0. The van der Waals surface area contributed by atoms with Crippen molar-refractivity contribution in [1.29, 1.82) is 0 Å². The number of rotatable bonds is 7. The smallest absolute Gasteiger partial charge is 0.0266 e. The molecular weight excluding hydrogens is 144 g/mol. The minimum Gasteiger partial charge on any atom is -0.103 e. The molecule has 1 radical (unpaired) electrons. The van der Waals surface area contributed by atoms with E-state index in [2.05, 4.69) is 27.0 Å². The van der Waals surface area contributed by atoms with Crippen molar-refractivity contribution in [3.8, 4) is 0 Å². The lowest BCUT2D eigenvalue weighted by Crippen LogP contribution is -2.00. The van der Waals surface area contributed by atoms with Gasteiger partial charge in [-0.3, -0.25) is 0 Å². The second-order valence-electron chi connectivity index (χ2n) is 3.62. The fraction of sp³-hybridized carbons (Fsp3) is 0.583. The van der Waals surface area contributed by atoms with Crippen LogP contribution in [0.1, 0.15) is 39.5 Å². The Morgan fingerprint density at radius 1 is 1.33 bits per heavy atom. The van der Waals surface area contributed by atoms with E-state index in [1.165, 1.54) is 12.8 Å². The zero-order chi connectivity index (χ0) is 9.40. The number of hydrogen-bond donors (Lipinski definition) is 0. The standard InChI is InChI=1S/C12H21/c1-5-7-9-12(4)10-11(3)8-6-2/h5-6,11H,1-2,7-10H2,3-4H3. The third kappa shape index (κ3) is 6.21. The van der Waals surface area contributed by atoms with Crippen LogP contribution in [0, 0.1) is 11.8 Å². The van der Waals surface area contributed by atoms with Gasteiger partial charge >= 0.3 is 0 Å². The van der Waals surface area contributed by atoms with Gasteiger partial charge in [0, 0.05) is 0 Å². The first-order valence-corrected chi connectivity index (χ1v) is 4.73. The van der Waals surface area contributed by atoms with E-state index >= 15 is 0 Å². The molecule has 1 unspecified atom stereocenters. The highest BCUT2D eigenvalue weighted by Crippen LogP contribution is 2.21. The zero-order valence-corrected chi connectivity index (χ0v) is 8.47. The molecule has 0 amide bonds. The van der Waals surface area contributed by atoms with Gasteiger partial charge in [0.2, 0.25) is 0 Å². The molecule has 0 aliphatic rings. The van der Waals surface area contributed by atoms with Crippen molar-refractivity contribution in [1.82, 2.24) is 0 Å². The molecule has 0 aromatic carbocycles. The molecule has 12 heavy (non-hydrogen) atoms. The lowest BCUT2D eigenvalue weighted by Gasteiger charge is -2.14. The molecule has 0 aromatic heterocycles. The van der Waals surface area contributed by atoms with Gasteiger partial charge in [0.15, 0.2) is 0 Å². The summed E-state index contributed by atoms with van der Waals surface area (Å²) in [5.74, 6) is 2.34. The highest BCUT2D eigenvalue weighted by molar-refractivity contribution is 4.89. The minimum absolute atomic E-state index is 0.757. The Labute approximate surface area is 77.4 Å². The number of allylic oxidation sites excluding steroid dienone is 2. The van der Waals surface area contributed by atoms with Crippen molar-refractivity contribution < 1.29 is 0 Å². The first-order valence-electron chi connectivity index (χ1n) is 4.73. The van der Waals surface area contributed by atoms with Gasteiger partial charge < -0.3 is 0 Å². The Bertz CT molecular complexity index is 124. The average Bonchev–Trinajstić information content (AvgIpc) is 2.01. The molecule has 0 aliphatic heterocycles. The molecular formula is C12H21. The van der Waals surface area contributed by atoms with Gasteiger partial charge in [-0.05, 0) is 37.5 Å². The predicted molar refractivity (Wildman–Crippen MR) is 56.9 cm³/mol. The molecule has 1 atom stereocenters. The summed E-state index contributed by atoms with van der Waals surface area (Å²) in [6.07, 6.45) is 8.68. The maximum atomic E-state index is 3.74. The van der Waals surface area contributed by atoms with E-state index in [4.69, 9.17) is 0 Å². The second-order valence-corrected chi connectivity index (χ2v) is 3.62. The average molecular weight is 165 g/mol. The highest BCUT2D eigenvalue weighted by atomic mass is 14.1. The van der Waals surface area contributed by atoms with E-state index in [0.717, 1.165) is 18.8 Å². The zero-order valence-electron chi connectivity index (χ0n) is 8.47. The highest BCUT2D eigenvalue weighted by Gasteiger charge is 2.06. The molecule has 0 fully saturated rings. The van der Waals surface area contributed by atoms with Gasteiger partial charge in [-0.1, -0.05) is 26.0 Å². The van der Waals surface area contributed by atoms with Gasteiger partial charge in [0.05, 0.1) is 0 Å². The van der Waals surface area contributed by atoms with Crippen LogP contribution < -0.4 is 0 Å². The van der Waals surface area contributed by atoms with Crippen LogP contribution in [0.4, 0.5) is 0 Å². The predicted octanol–water partition coefficient (Wildman–Crippen LogP) is 4.15. The van der Waals surface area contributed by atoms with E-state index in [0.29, 0.717) is 0 Å². The first-order chi connectivity index (χ1) is 5.70. The van der Waals surface area contributed by atoms with Gasteiger partial charge in [0.25, 0.3) is 0 Å². The summed E-state index contributed by atoms with van der Waals surface area (Å²) >= 11 is 0. The normalized spacial score (nSPS) is 12.9. The van der Waals surface area contributed by atoms with Crippen LogP contribution in [-0.2, 0) is 0 Å². The third-order valence-electron chi connectivity index (χ3n) is 2.04. The third-order valence-corrected chi connectivity index (χ3v) is 2.04. The molecule has 0 nitrogen and oxygen atoms in total. The summed E-state index contributed by atoms with van der Waals surface area (Å²) in [7, 11) is 0. The maximum Gasteiger partial charge on any atom is -0.0266 e. The van der Waals surface area contributed by atoms with Gasteiger partial charge in [-0.15, -0.1) is 13.2 Å². The van der Waals surface area contributed by atoms with Crippen LogP contribution in [-0.4, -0.2) is 0 Å². The monoisotopic (exact) mass is 165 g/mol. The second kappa shape index (κ2) is 7.15. The van der Waals surface area contributed by atoms with Crippen LogP contribution in [0.25, 0.3) is 0 Å². The van der Waals surface area contributed by atoms with Crippen LogP contribution in [0.3, 0.4) is 0 Å². The van der Waals surface area contributed by atoms with E-state index in [1.54, 1.807) is 5.92 Å². The van der Waals surface area contributed by atoms with Gasteiger partial charge in [-0.25, -0.2) is 0 Å². The van der Waals surface area contributed by atoms with Crippen molar-refractivity contribution in [2.24, 2.45) is 5.92 Å². The topological polar surface area (TPSA) is 0 Å². The van der Waals surface area contributed by atoms with Crippen LogP contribution in [0.15, 0.2) is 25.3 Å². The Morgan fingerprint density at radius 3 is 2.50 bits per heavy atom. The van der Waals surface area contributed by atoms with Crippen LogP contribution in [0.2, 0.25) is 0 Å². The fourth-order valence-electron chi connectivity index (χ4n) is 1.41. The quantitative estimate of drug-likeness (QED) is 0.497. The van der Waals surface area contributed by atoms with Crippen molar-refractivity contribution in [3.05, 3.63) is 31.2 Å². The van der Waals surface area contributed by atoms with Crippen molar-refractivity contribution >= 4 is 0 Å². The summed E-state index contributed by atoms with van der Waals surface area (Å²) in [4.78, 5) is 0. The maximum absolute atomic E-state index is 3.74. The van der Waals surface area contributed by atoms with Crippen molar-refractivity contribution in [2.75, 3.05) is 0 Å². The Balaban J connectivity index is 3.45. The van der Waals surface area contributed by atoms with Gasteiger partial charge in [-0.2, -0.15) is 0 Å². The summed E-state index contributed by atoms with van der Waals surface area (Å²) in [6, 6.07) is 0. The molecule has 0 heterocycles. The fourth-order valence-corrected chi connectivity index (χ4v) is 1.41. The van der Waals surface area contributed by atoms with E-state index in [1.807, 2.05) is 12.2 Å². The molecule has 0 saturated heterocycles. The lowest BCUT2D eigenvalue weighted by atomic mass is 9.92. The van der Waals surface area contributed by atoms with Crippen LogP contribution in [0.5, 0.6) is 0 Å². The molecule has 69 valence electrons. The molecule has 0 rings (SSSR count). The first kappa shape index (κ1) is 11.5. The Hall–Kier alpha value is -0.520. The SMILES string of the molecule is C=CCC[C](C)CC(C)CC=C. The van der Waals surface area contributed by atoms with Gasteiger partial charge in [0.1, 0.15) is 0 Å². The molecule has 0 N–H and O–H groups in total. The minimum atomic E-state index is 0.757. The van der Waals surface area contributed by atoms with Crippen LogP contribution >= 0.6 is 0 Å². The van der Waals surface area contributed by atoms with Crippen molar-refractivity contribution in [2.45, 2.75) is 39.5 Å². The Morgan fingerprint density at radius 2 is 2.00 bits per heavy atom. The Kier molecular flexibility index (Phi) is 6.84. The molecule has 0 saturated carbocycles. The summed E-state index contributed by atoms with van der Waals surface area (Å²) in [5, 5.41) is 0. The molecule has 0 aromatic rings. The lowest BCUT2D eigenvalue weighted by molar-refractivity contribution is 0.533. The molecule has 0 bridgehead atoms. The van der Waals surface area contributed by atoms with Crippen molar-refractivity contribution in [3.63, 3.8) is 0 Å². The summed E-state index contributed by atoms with van der Waals surface area (Å²) < 4.78 is 0. The largest absolute Gasteiger partial charge is 0.103 e. The molecule has 0 heteroatoms. The molecule has 0 aliphatic carbocycles. The summed E-state index contributed by atoms with van der Waals surface area (Å²) in [6.45, 7) is 12.0. The molecule has 0 spiro atoms.